The second kappa shape index (κ2) is 3.67. The quantitative estimate of drug-likeness (QED) is 0.384. The van der Waals surface area contributed by atoms with E-state index in [1.54, 1.807) is 0 Å². The molecule has 0 amide bonds. The molecule has 72 valence electrons. The van der Waals surface area contributed by atoms with Crippen molar-refractivity contribution in [3.8, 4) is 0 Å². The van der Waals surface area contributed by atoms with Crippen molar-refractivity contribution < 1.29 is 14.3 Å². The van der Waals surface area contributed by atoms with Crippen LogP contribution in [0.15, 0.2) is 11.8 Å². The molecule has 0 saturated carbocycles. The standard InChI is InChI=1S/C8H10BrNO3/c9-7-5-12-4-2-10(7)6-1-3-13-8(6)11/h1,7H,2-5H2. The molecule has 5 heteroatoms. The lowest BCUT2D eigenvalue weighted by atomic mass is 10.3. The van der Waals surface area contributed by atoms with E-state index in [2.05, 4.69) is 15.9 Å². The van der Waals surface area contributed by atoms with Gasteiger partial charge >= 0.3 is 5.97 Å². The Hall–Kier alpha value is -0.550. The summed E-state index contributed by atoms with van der Waals surface area (Å²) in [7, 11) is 0. The first-order valence-electron chi connectivity index (χ1n) is 4.15. The smallest absolute Gasteiger partial charge is 0.354 e. The topological polar surface area (TPSA) is 38.8 Å². The molecule has 13 heavy (non-hydrogen) atoms. The maximum Gasteiger partial charge on any atom is 0.354 e. The van der Waals surface area contributed by atoms with E-state index in [4.69, 9.17) is 9.47 Å². The molecule has 2 aliphatic heterocycles. The third-order valence-corrected chi connectivity index (χ3v) is 2.84. The fourth-order valence-corrected chi connectivity index (χ4v) is 2.05. The van der Waals surface area contributed by atoms with Crippen molar-refractivity contribution in [2.24, 2.45) is 0 Å². The highest BCUT2D eigenvalue weighted by Gasteiger charge is 2.29. The lowest BCUT2D eigenvalue weighted by molar-refractivity contribution is -0.138. The zero-order valence-electron chi connectivity index (χ0n) is 7.03. The van der Waals surface area contributed by atoms with E-state index >= 15 is 0 Å². The van der Waals surface area contributed by atoms with Crippen LogP contribution in [0.25, 0.3) is 0 Å². The normalized spacial score (nSPS) is 28.7. The molecule has 2 heterocycles. The number of nitrogens with zero attached hydrogens (tertiary/aromatic N) is 1. The second-order valence-electron chi connectivity index (χ2n) is 2.89. The van der Waals surface area contributed by atoms with Crippen LogP contribution in [0, 0.1) is 0 Å². The Morgan fingerprint density at radius 2 is 2.46 bits per heavy atom. The summed E-state index contributed by atoms with van der Waals surface area (Å²) in [6.45, 7) is 2.39. The van der Waals surface area contributed by atoms with E-state index < -0.39 is 0 Å². The van der Waals surface area contributed by atoms with Gasteiger partial charge in [-0.1, -0.05) is 15.9 Å². The maximum absolute atomic E-state index is 11.2. The van der Waals surface area contributed by atoms with E-state index in [9.17, 15) is 4.79 Å². The highest BCUT2D eigenvalue weighted by atomic mass is 79.9. The first-order chi connectivity index (χ1) is 6.29. The number of hydrogen-bond donors (Lipinski definition) is 0. The van der Waals surface area contributed by atoms with Gasteiger partial charge in [-0.25, -0.2) is 4.79 Å². The van der Waals surface area contributed by atoms with Crippen LogP contribution in [-0.4, -0.2) is 42.2 Å². The Labute approximate surface area is 84.6 Å². The molecule has 0 N–H and O–H groups in total. The molecular weight excluding hydrogens is 238 g/mol. The van der Waals surface area contributed by atoms with Gasteiger partial charge in [-0.2, -0.15) is 0 Å². The van der Waals surface area contributed by atoms with E-state index in [1.165, 1.54) is 0 Å². The van der Waals surface area contributed by atoms with Gasteiger partial charge in [0.1, 0.15) is 17.3 Å². The maximum atomic E-state index is 11.2. The van der Waals surface area contributed by atoms with Crippen LogP contribution in [0.5, 0.6) is 0 Å². The van der Waals surface area contributed by atoms with Gasteiger partial charge in [0.25, 0.3) is 0 Å². The van der Waals surface area contributed by atoms with Crippen molar-refractivity contribution in [2.45, 2.75) is 4.95 Å². The highest BCUT2D eigenvalue weighted by molar-refractivity contribution is 9.09. The molecular formula is C8H10BrNO3. The summed E-state index contributed by atoms with van der Waals surface area (Å²) in [5.41, 5.74) is 0.658. The highest BCUT2D eigenvalue weighted by Crippen LogP contribution is 2.21. The van der Waals surface area contributed by atoms with Crippen LogP contribution in [0.2, 0.25) is 0 Å². The summed E-state index contributed by atoms with van der Waals surface area (Å²) >= 11 is 3.44. The van der Waals surface area contributed by atoms with Gasteiger partial charge in [-0.05, 0) is 6.08 Å². The van der Waals surface area contributed by atoms with Crippen LogP contribution in [0.1, 0.15) is 0 Å². The Morgan fingerprint density at radius 1 is 1.62 bits per heavy atom. The first kappa shape index (κ1) is 9.02. The third-order valence-electron chi connectivity index (χ3n) is 2.08. The van der Waals surface area contributed by atoms with Gasteiger partial charge in [0.15, 0.2) is 0 Å². The molecule has 4 nitrogen and oxygen atoms in total. The number of carbonyl (C=O) groups excluding carboxylic acids is 1. The number of hydrogen-bond acceptors (Lipinski definition) is 4. The first-order valence-corrected chi connectivity index (χ1v) is 5.06. The van der Waals surface area contributed by atoms with Crippen LogP contribution in [0.4, 0.5) is 0 Å². The van der Waals surface area contributed by atoms with Gasteiger partial charge < -0.3 is 14.4 Å². The minimum atomic E-state index is -0.230. The molecule has 0 aromatic heterocycles. The largest absolute Gasteiger partial charge is 0.457 e. The molecule has 0 aliphatic carbocycles. The van der Waals surface area contributed by atoms with Crippen molar-refractivity contribution in [1.29, 1.82) is 0 Å². The number of rotatable bonds is 1. The number of carbonyl (C=O) groups is 1. The molecule has 1 fully saturated rings. The Kier molecular flexibility index (Phi) is 2.55. The molecule has 0 bridgehead atoms. The molecule has 0 spiro atoms. The van der Waals surface area contributed by atoms with E-state index in [0.29, 0.717) is 25.5 Å². The molecule has 1 atom stereocenters. The number of halogens is 1. The van der Waals surface area contributed by atoms with Gasteiger partial charge in [-0.3, -0.25) is 0 Å². The zero-order chi connectivity index (χ0) is 9.26. The average Bonchev–Trinajstić information content (AvgIpc) is 2.52. The summed E-state index contributed by atoms with van der Waals surface area (Å²) in [4.78, 5) is 13.3. The fourth-order valence-electron chi connectivity index (χ4n) is 1.43. The number of ether oxygens (including phenoxy) is 2. The second-order valence-corrected chi connectivity index (χ2v) is 3.95. The van der Waals surface area contributed by atoms with Crippen molar-refractivity contribution >= 4 is 21.9 Å². The predicted molar refractivity (Wildman–Crippen MR) is 49.3 cm³/mol. The van der Waals surface area contributed by atoms with Crippen LogP contribution < -0.4 is 0 Å². The summed E-state index contributed by atoms with van der Waals surface area (Å²) in [6.07, 6.45) is 1.81. The van der Waals surface area contributed by atoms with Crippen molar-refractivity contribution in [3.63, 3.8) is 0 Å². The lowest BCUT2D eigenvalue weighted by Crippen LogP contribution is -2.42. The average molecular weight is 248 g/mol. The number of morpholine rings is 1. The Balaban J connectivity index is 2.10. The SMILES string of the molecule is O=C1OCC=C1N1CCOCC1Br. The predicted octanol–water partition coefficient (Wildman–Crippen LogP) is 0.480. The van der Waals surface area contributed by atoms with Gasteiger partial charge in [-0.15, -0.1) is 0 Å². The summed E-state index contributed by atoms with van der Waals surface area (Å²) in [5, 5.41) is 0. The number of esters is 1. The summed E-state index contributed by atoms with van der Waals surface area (Å²) in [5.74, 6) is -0.230. The minimum absolute atomic E-state index is 0.0816. The summed E-state index contributed by atoms with van der Waals surface area (Å²) < 4.78 is 10.1. The number of cyclic esters (lactones) is 1. The fraction of sp³-hybridized carbons (Fsp3) is 0.625. The lowest BCUT2D eigenvalue weighted by Gasteiger charge is -2.33. The summed E-state index contributed by atoms with van der Waals surface area (Å²) in [6, 6.07) is 0. The molecule has 1 unspecified atom stereocenters. The van der Waals surface area contributed by atoms with Gasteiger partial charge in [0, 0.05) is 6.54 Å². The van der Waals surface area contributed by atoms with Crippen molar-refractivity contribution in [1.82, 2.24) is 4.90 Å². The van der Waals surface area contributed by atoms with E-state index in [-0.39, 0.29) is 10.9 Å². The molecule has 2 aliphatic rings. The van der Waals surface area contributed by atoms with Crippen LogP contribution >= 0.6 is 15.9 Å². The van der Waals surface area contributed by atoms with E-state index in [1.807, 2.05) is 11.0 Å². The molecule has 1 saturated heterocycles. The zero-order valence-corrected chi connectivity index (χ0v) is 8.62. The van der Waals surface area contributed by atoms with Crippen LogP contribution in [0.3, 0.4) is 0 Å². The van der Waals surface area contributed by atoms with Crippen molar-refractivity contribution in [2.75, 3.05) is 26.4 Å². The monoisotopic (exact) mass is 247 g/mol. The van der Waals surface area contributed by atoms with Crippen LogP contribution in [-0.2, 0) is 14.3 Å². The van der Waals surface area contributed by atoms with Gasteiger partial charge in [0.05, 0.1) is 13.2 Å². The molecule has 0 radical (unpaired) electrons. The van der Waals surface area contributed by atoms with Crippen molar-refractivity contribution in [3.05, 3.63) is 11.8 Å². The third kappa shape index (κ3) is 1.71. The Bertz CT molecular complexity index is 254. The number of alkyl halides is 1. The minimum Gasteiger partial charge on any atom is -0.457 e. The molecule has 2 rings (SSSR count). The Morgan fingerprint density at radius 3 is 3.08 bits per heavy atom. The van der Waals surface area contributed by atoms with Gasteiger partial charge in [0.2, 0.25) is 0 Å². The molecule has 0 aromatic carbocycles. The van der Waals surface area contributed by atoms with E-state index in [0.717, 1.165) is 6.54 Å². The molecule has 0 aromatic rings.